The van der Waals surface area contributed by atoms with E-state index in [-0.39, 0.29) is 11.2 Å². The minimum absolute atomic E-state index is 0.0125. The molecule has 0 bridgehead atoms. The Bertz CT molecular complexity index is 779. The number of nitrogens with one attached hydrogen (secondary N) is 1. The molecule has 132 valence electrons. The molecule has 1 amide bonds. The van der Waals surface area contributed by atoms with Crippen molar-refractivity contribution in [1.29, 1.82) is 0 Å². The predicted molar refractivity (Wildman–Crippen MR) is 93.3 cm³/mol. The lowest BCUT2D eigenvalue weighted by molar-refractivity contribution is -0.384. The fourth-order valence-corrected chi connectivity index (χ4v) is 2.00. The first-order valence-corrected chi connectivity index (χ1v) is 7.67. The van der Waals surface area contributed by atoms with Crippen LogP contribution in [0.5, 0.6) is 17.2 Å². The lowest BCUT2D eigenvalue weighted by atomic mass is 10.1. The number of hydrogen-bond acceptors (Lipinski definition) is 5. The molecule has 0 aliphatic rings. The number of nitro groups is 1. The van der Waals surface area contributed by atoms with Gasteiger partial charge in [-0.05, 0) is 63.6 Å². The largest absolute Gasteiger partial charge is 0.457 e. The normalized spacial score (nSPS) is 10.9. The van der Waals surface area contributed by atoms with Crippen molar-refractivity contribution >= 4 is 11.8 Å². The summed E-state index contributed by atoms with van der Waals surface area (Å²) in [6.07, 6.45) is -0.535. The molecule has 7 heteroatoms. The van der Waals surface area contributed by atoms with Gasteiger partial charge in [-0.15, -0.1) is 0 Å². The number of carbonyl (C=O) groups excluding carboxylic acids is 1. The van der Waals surface area contributed by atoms with Crippen LogP contribution in [0.3, 0.4) is 0 Å². The van der Waals surface area contributed by atoms with Crippen LogP contribution in [0, 0.1) is 17.0 Å². The van der Waals surface area contributed by atoms with Crippen LogP contribution in [0.2, 0.25) is 0 Å². The van der Waals surface area contributed by atoms with Crippen molar-refractivity contribution in [1.82, 2.24) is 5.32 Å². The average Bonchev–Trinajstić information content (AvgIpc) is 2.49. The summed E-state index contributed by atoms with van der Waals surface area (Å²) in [7, 11) is 0. The molecule has 0 aromatic heterocycles. The Morgan fingerprint density at radius 2 is 1.68 bits per heavy atom. The van der Waals surface area contributed by atoms with Crippen molar-refractivity contribution < 1.29 is 19.2 Å². The number of amides is 1. The van der Waals surface area contributed by atoms with E-state index in [2.05, 4.69) is 5.32 Å². The first-order chi connectivity index (χ1) is 11.6. The second-order valence-electron chi connectivity index (χ2n) is 6.54. The van der Waals surface area contributed by atoms with E-state index in [4.69, 9.17) is 9.47 Å². The van der Waals surface area contributed by atoms with Gasteiger partial charge in [-0.2, -0.15) is 0 Å². The fourth-order valence-electron chi connectivity index (χ4n) is 2.00. The van der Waals surface area contributed by atoms with Crippen LogP contribution in [0.15, 0.2) is 42.5 Å². The van der Waals surface area contributed by atoms with Crippen LogP contribution in [0.4, 0.5) is 10.5 Å². The van der Waals surface area contributed by atoms with Gasteiger partial charge in [0.25, 0.3) is 5.69 Å². The molecule has 0 atom stereocenters. The Balaban J connectivity index is 2.03. The summed E-state index contributed by atoms with van der Waals surface area (Å²) in [6.45, 7) is 7.31. The molecular weight excluding hydrogens is 324 g/mol. The van der Waals surface area contributed by atoms with Gasteiger partial charge in [0, 0.05) is 17.7 Å². The topological polar surface area (TPSA) is 90.7 Å². The highest BCUT2D eigenvalue weighted by molar-refractivity contribution is 5.71. The smallest absolute Gasteiger partial charge is 0.413 e. The molecule has 0 unspecified atom stereocenters. The zero-order chi connectivity index (χ0) is 18.6. The minimum atomic E-state index is -0.535. The molecule has 0 radical (unpaired) electrons. The van der Waals surface area contributed by atoms with Gasteiger partial charge in [0.2, 0.25) is 0 Å². The van der Waals surface area contributed by atoms with E-state index in [0.717, 1.165) is 0 Å². The van der Waals surface area contributed by atoms with E-state index in [1.165, 1.54) is 12.1 Å². The Kier molecular flexibility index (Phi) is 5.26. The van der Waals surface area contributed by atoms with Crippen molar-refractivity contribution in [3.63, 3.8) is 0 Å². The minimum Gasteiger partial charge on any atom is -0.457 e. The highest BCUT2D eigenvalue weighted by Gasteiger charge is 2.15. The lowest BCUT2D eigenvalue weighted by Gasteiger charge is -2.19. The molecular formula is C18H20N2O5. The molecule has 0 saturated carbocycles. The number of benzene rings is 2. The molecule has 0 spiro atoms. The van der Waals surface area contributed by atoms with E-state index in [9.17, 15) is 14.9 Å². The molecule has 1 N–H and O–H groups in total. The number of hydrogen-bond donors (Lipinski definition) is 1. The highest BCUT2D eigenvalue weighted by Crippen LogP contribution is 2.29. The molecule has 0 saturated heterocycles. The van der Waals surface area contributed by atoms with E-state index < -0.39 is 11.0 Å². The molecule has 2 aromatic rings. The summed E-state index contributed by atoms with van der Waals surface area (Å²) in [5.41, 5.74) is 0.283. The molecule has 0 heterocycles. The van der Waals surface area contributed by atoms with Crippen molar-refractivity contribution in [2.24, 2.45) is 0 Å². The number of non-ortho nitro benzene ring substituents is 1. The van der Waals surface area contributed by atoms with Crippen LogP contribution < -0.4 is 14.8 Å². The van der Waals surface area contributed by atoms with Crippen molar-refractivity contribution in [2.45, 2.75) is 33.2 Å². The number of rotatable bonds is 4. The van der Waals surface area contributed by atoms with Crippen LogP contribution in [0.1, 0.15) is 26.3 Å². The van der Waals surface area contributed by atoms with E-state index >= 15 is 0 Å². The Morgan fingerprint density at radius 3 is 2.20 bits per heavy atom. The third-order valence-corrected chi connectivity index (χ3v) is 3.11. The number of aryl methyl sites for hydroxylation is 1. The monoisotopic (exact) mass is 344 g/mol. The van der Waals surface area contributed by atoms with E-state index in [0.29, 0.717) is 22.8 Å². The standard InChI is InChI=1S/C18H20N2O5/c1-12-11-13(20(22)23)5-10-16(12)24-14-6-8-15(9-7-14)25-17(21)19-18(2,3)4/h5-11H,1-4H3,(H,19,21). The summed E-state index contributed by atoms with van der Waals surface area (Å²) in [5.74, 6) is 1.43. The lowest BCUT2D eigenvalue weighted by Crippen LogP contribution is -2.42. The number of carbonyl (C=O) groups is 1. The van der Waals surface area contributed by atoms with Crippen molar-refractivity contribution in [3.05, 3.63) is 58.1 Å². The molecule has 25 heavy (non-hydrogen) atoms. The highest BCUT2D eigenvalue weighted by atomic mass is 16.6. The molecule has 0 aliphatic carbocycles. The van der Waals surface area contributed by atoms with Crippen LogP contribution in [-0.4, -0.2) is 16.6 Å². The van der Waals surface area contributed by atoms with Gasteiger partial charge in [-0.1, -0.05) is 0 Å². The van der Waals surface area contributed by atoms with Gasteiger partial charge in [-0.3, -0.25) is 10.1 Å². The van der Waals surface area contributed by atoms with Crippen LogP contribution in [-0.2, 0) is 0 Å². The fraction of sp³-hybridized carbons (Fsp3) is 0.278. The first-order valence-electron chi connectivity index (χ1n) is 7.67. The van der Waals surface area contributed by atoms with Crippen molar-refractivity contribution in [3.8, 4) is 17.2 Å². The quantitative estimate of drug-likeness (QED) is 0.647. The SMILES string of the molecule is Cc1cc([N+](=O)[O-])ccc1Oc1ccc(OC(=O)NC(C)(C)C)cc1. The molecule has 7 nitrogen and oxygen atoms in total. The predicted octanol–water partition coefficient (Wildman–Crippen LogP) is 4.58. The van der Waals surface area contributed by atoms with E-state index in [1.54, 1.807) is 37.3 Å². The summed E-state index contributed by atoms with van der Waals surface area (Å²) in [4.78, 5) is 22.0. The Labute approximate surface area is 145 Å². The number of nitrogens with zero attached hydrogens (tertiary/aromatic N) is 1. The van der Waals surface area contributed by atoms with Gasteiger partial charge in [-0.25, -0.2) is 4.79 Å². The van der Waals surface area contributed by atoms with Gasteiger partial charge < -0.3 is 14.8 Å². The van der Waals surface area contributed by atoms with Crippen LogP contribution in [0.25, 0.3) is 0 Å². The van der Waals surface area contributed by atoms with Gasteiger partial charge >= 0.3 is 6.09 Å². The molecule has 2 aromatic carbocycles. The summed E-state index contributed by atoms with van der Waals surface area (Å²) in [5, 5.41) is 13.4. The number of ether oxygens (including phenoxy) is 2. The van der Waals surface area contributed by atoms with Gasteiger partial charge in [0.1, 0.15) is 17.2 Å². The third-order valence-electron chi connectivity index (χ3n) is 3.11. The van der Waals surface area contributed by atoms with Gasteiger partial charge in [0.15, 0.2) is 0 Å². The van der Waals surface area contributed by atoms with Crippen LogP contribution >= 0.6 is 0 Å². The average molecular weight is 344 g/mol. The second kappa shape index (κ2) is 7.21. The van der Waals surface area contributed by atoms with E-state index in [1.807, 2.05) is 20.8 Å². The summed E-state index contributed by atoms with van der Waals surface area (Å²) in [6, 6.07) is 10.9. The summed E-state index contributed by atoms with van der Waals surface area (Å²) >= 11 is 0. The molecule has 0 fully saturated rings. The Morgan fingerprint density at radius 1 is 1.08 bits per heavy atom. The molecule has 0 aliphatic heterocycles. The first kappa shape index (κ1) is 18.3. The summed E-state index contributed by atoms with van der Waals surface area (Å²) < 4.78 is 10.9. The van der Waals surface area contributed by atoms with Gasteiger partial charge in [0.05, 0.1) is 4.92 Å². The third kappa shape index (κ3) is 5.49. The Hall–Kier alpha value is -3.09. The zero-order valence-electron chi connectivity index (χ0n) is 14.5. The molecule has 2 rings (SSSR count). The second-order valence-corrected chi connectivity index (χ2v) is 6.54. The maximum Gasteiger partial charge on any atom is 0.413 e. The zero-order valence-corrected chi connectivity index (χ0v) is 14.5. The maximum atomic E-state index is 11.7. The maximum absolute atomic E-state index is 11.7. The number of nitro benzene ring substituents is 1. The van der Waals surface area contributed by atoms with Crippen molar-refractivity contribution in [2.75, 3.05) is 0 Å².